The second-order valence-corrected chi connectivity index (χ2v) is 10.5. The van der Waals surface area contributed by atoms with E-state index >= 15 is 0 Å². The van der Waals surface area contributed by atoms with E-state index in [1.807, 2.05) is 44.2 Å². The minimum atomic E-state index is -5.17. The zero-order valence-corrected chi connectivity index (χ0v) is 21.0. The Bertz CT molecular complexity index is 1400. The van der Waals surface area contributed by atoms with Gasteiger partial charge in [0.2, 0.25) is 0 Å². The fourth-order valence-electron chi connectivity index (χ4n) is 5.40. The van der Waals surface area contributed by atoms with E-state index < -0.39 is 29.5 Å². The van der Waals surface area contributed by atoms with Crippen molar-refractivity contribution in [3.05, 3.63) is 90.0 Å². The average molecular weight is 521 g/mol. The zero-order valence-electron chi connectivity index (χ0n) is 21.0. The van der Waals surface area contributed by atoms with Crippen LogP contribution in [0.1, 0.15) is 43.9 Å². The molecule has 2 atom stereocenters. The lowest BCUT2D eigenvalue weighted by atomic mass is 9.68. The molecular weight excluding hydrogens is 493 g/mol. The Balaban J connectivity index is 1.71. The third kappa shape index (κ3) is 4.95. The number of aliphatic imine (C=N–C) groups is 1. The van der Waals surface area contributed by atoms with Crippen LogP contribution < -0.4 is 9.64 Å². The van der Waals surface area contributed by atoms with Crippen LogP contribution in [-0.2, 0) is 16.2 Å². The van der Waals surface area contributed by atoms with Gasteiger partial charge in [-0.2, -0.15) is 13.2 Å². The van der Waals surface area contributed by atoms with Gasteiger partial charge in [0.1, 0.15) is 18.1 Å². The van der Waals surface area contributed by atoms with Gasteiger partial charge in [0.15, 0.2) is 0 Å². The Kier molecular flexibility index (Phi) is 6.59. The highest BCUT2D eigenvalue weighted by molar-refractivity contribution is 6.13. The fraction of sp³-hybridized carbons (Fsp3) is 0.300. The number of ketones is 1. The van der Waals surface area contributed by atoms with Crippen molar-refractivity contribution >= 4 is 28.8 Å². The number of hydrogen-bond acceptors (Lipinski definition) is 4. The van der Waals surface area contributed by atoms with E-state index in [0.29, 0.717) is 28.3 Å². The summed E-state index contributed by atoms with van der Waals surface area (Å²) in [5, 5.41) is 0. The Labute approximate surface area is 219 Å². The normalized spacial score (nSPS) is 20.6. The molecule has 0 saturated heterocycles. The molecular formula is C30H27F3N2O3. The highest BCUT2D eigenvalue weighted by Gasteiger charge is 2.53. The second kappa shape index (κ2) is 9.74. The molecule has 1 amide bonds. The molecule has 5 nitrogen and oxygen atoms in total. The van der Waals surface area contributed by atoms with Crippen molar-refractivity contribution in [1.82, 2.24) is 0 Å². The lowest BCUT2D eigenvalue weighted by molar-refractivity contribution is -0.171. The van der Waals surface area contributed by atoms with Crippen molar-refractivity contribution in [2.45, 2.75) is 45.5 Å². The van der Waals surface area contributed by atoms with Gasteiger partial charge in [0.25, 0.3) is 0 Å². The van der Waals surface area contributed by atoms with Crippen LogP contribution in [0, 0.1) is 11.3 Å². The van der Waals surface area contributed by atoms with Gasteiger partial charge in [-0.05, 0) is 35.6 Å². The van der Waals surface area contributed by atoms with Gasteiger partial charge in [-0.25, -0.2) is 0 Å². The number of Topliss-reactive ketones (excluding diaryl/α,β-unsaturated/α-hetero) is 1. The number of hydrogen-bond donors (Lipinski definition) is 0. The third-order valence-corrected chi connectivity index (χ3v) is 6.95. The fourth-order valence-corrected chi connectivity index (χ4v) is 5.40. The minimum Gasteiger partial charge on any atom is -0.489 e. The van der Waals surface area contributed by atoms with Crippen LogP contribution in [0.15, 0.2) is 83.9 Å². The molecule has 0 aromatic heterocycles. The molecule has 8 heteroatoms. The quantitative estimate of drug-likeness (QED) is 0.372. The van der Waals surface area contributed by atoms with Gasteiger partial charge >= 0.3 is 12.1 Å². The summed E-state index contributed by atoms with van der Waals surface area (Å²) in [6.45, 7) is 4.04. The van der Waals surface area contributed by atoms with Gasteiger partial charge < -0.3 is 4.74 Å². The van der Waals surface area contributed by atoms with E-state index in [2.05, 4.69) is 0 Å². The topological polar surface area (TPSA) is 59.0 Å². The Morgan fingerprint density at radius 2 is 1.63 bits per heavy atom. The minimum absolute atomic E-state index is 0.00481. The van der Waals surface area contributed by atoms with Crippen LogP contribution in [0.3, 0.4) is 0 Å². The smallest absolute Gasteiger partial charge is 0.471 e. The van der Waals surface area contributed by atoms with Gasteiger partial charge in [0.05, 0.1) is 23.3 Å². The summed E-state index contributed by atoms with van der Waals surface area (Å²) in [6, 6.07) is 21.0. The molecule has 3 aromatic carbocycles. The van der Waals surface area contributed by atoms with Crippen molar-refractivity contribution in [1.29, 1.82) is 0 Å². The van der Waals surface area contributed by atoms with Crippen molar-refractivity contribution in [3.63, 3.8) is 0 Å². The number of para-hydroxylation sites is 3. The summed E-state index contributed by atoms with van der Waals surface area (Å²) < 4.78 is 48.5. The number of carbonyl (C=O) groups excluding carboxylic acids is 2. The monoisotopic (exact) mass is 520 g/mol. The first-order valence-corrected chi connectivity index (χ1v) is 12.4. The highest BCUT2D eigenvalue weighted by atomic mass is 19.4. The Morgan fingerprint density at radius 1 is 0.974 bits per heavy atom. The molecule has 0 bridgehead atoms. The summed E-state index contributed by atoms with van der Waals surface area (Å²) in [4.78, 5) is 32.2. The molecule has 196 valence electrons. The molecule has 0 radical (unpaired) electrons. The molecule has 1 heterocycles. The van der Waals surface area contributed by atoms with Crippen molar-refractivity contribution in [2.75, 3.05) is 4.90 Å². The van der Waals surface area contributed by atoms with Crippen LogP contribution in [0.4, 0.5) is 24.5 Å². The molecule has 1 fully saturated rings. The van der Waals surface area contributed by atoms with Crippen LogP contribution >= 0.6 is 0 Å². The van der Waals surface area contributed by atoms with Gasteiger partial charge in [-0.1, -0.05) is 74.5 Å². The third-order valence-electron chi connectivity index (χ3n) is 6.95. The SMILES string of the molecule is CC1(C)CC(=O)[C@@H]2C(=Nc3ccccc3N(C(=O)C(F)(F)F)[C@@H]2c2ccccc2OCc2ccccc2)C1. The number of anilines is 1. The number of nitrogens with zero attached hydrogens (tertiary/aromatic N) is 2. The lowest BCUT2D eigenvalue weighted by Crippen LogP contribution is -2.50. The Hall–Kier alpha value is -3.94. The number of fused-ring (bicyclic) bond motifs is 2. The standard InChI is InChI=1S/C30H27F3N2O3/c1-29(2)16-22-26(24(36)17-29)27(20-12-6-9-15-25(20)38-18-19-10-4-3-5-11-19)35(28(37)30(31,32)33)23-14-8-7-13-21(23)34-22/h3-15,26-27H,16-18H2,1-2H3/t26-,27+/m0/s1. The maximum Gasteiger partial charge on any atom is 0.471 e. The first-order valence-electron chi connectivity index (χ1n) is 12.4. The van der Waals surface area contributed by atoms with Gasteiger partial charge in [0, 0.05) is 17.7 Å². The molecule has 3 aromatic rings. The number of ether oxygens (including phenoxy) is 1. The van der Waals surface area contributed by atoms with Crippen LogP contribution in [0.25, 0.3) is 0 Å². The molecule has 1 aliphatic heterocycles. The van der Waals surface area contributed by atoms with E-state index in [1.54, 1.807) is 42.5 Å². The number of amides is 1. The van der Waals surface area contributed by atoms with Crippen LogP contribution in [-0.4, -0.2) is 23.6 Å². The van der Waals surface area contributed by atoms with Gasteiger partial charge in [-0.3, -0.25) is 19.5 Å². The number of carbonyl (C=O) groups is 2. The van der Waals surface area contributed by atoms with E-state index in [1.165, 1.54) is 6.07 Å². The lowest BCUT2D eigenvalue weighted by Gasteiger charge is -2.41. The molecule has 0 unspecified atom stereocenters. The molecule has 0 spiro atoms. The van der Waals surface area contributed by atoms with E-state index in [-0.39, 0.29) is 30.2 Å². The summed E-state index contributed by atoms with van der Waals surface area (Å²) >= 11 is 0. The van der Waals surface area contributed by atoms with Crippen molar-refractivity contribution in [2.24, 2.45) is 16.3 Å². The van der Waals surface area contributed by atoms with Crippen molar-refractivity contribution < 1.29 is 27.5 Å². The van der Waals surface area contributed by atoms with E-state index in [0.717, 1.165) is 5.56 Å². The predicted molar refractivity (Wildman–Crippen MR) is 139 cm³/mol. The predicted octanol–water partition coefficient (Wildman–Crippen LogP) is 6.99. The first-order chi connectivity index (χ1) is 18.0. The van der Waals surface area contributed by atoms with Crippen LogP contribution in [0.5, 0.6) is 5.75 Å². The number of rotatable bonds is 4. The zero-order chi connectivity index (χ0) is 27.1. The summed E-state index contributed by atoms with van der Waals surface area (Å²) in [5.74, 6) is -3.06. The maximum atomic E-state index is 14.1. The summed E-state index contributed by atoms with van der Waals surface area (Å²) in [7, 11) is 0. The molecule has 0 N–H and O–H groups in total. The molecule has 5 rings (SSSR count). The molecule has 1 aliphatic carbocycles. The molecule has 1 saturated carbocycles. The summed E-state index contributed by atoms with van der Waals surface area (Å²) in [6.07, 6.45) is -4.60. The van der Waals surface area contributed by atoms with Crippen LogP contribution in [0.2, 0.25) is 0 Å². The maximum absolute atomic E-state index is 14.1. The molecule has 2 aliphatic rings. The number of alkyl halides is 3. The molecule has 38 heavy (non-hydrogen) atoms. The van der Waals surface area contributed by atoms with Crippen molar-refractivity contribution in [3.8, 4) is 5.75 Å². The largest absolute Gasteiger partial charge is 0.489 e. The first kappa shape index (κ1) is 25.7. The highest BCUT2D eigenvalue weighted by Crippen LogP contribution is 2.50. The Morgan fingerprint density at radius 3 is 2.37 bits per heavy atom. The number of benzene rings is 3. The van der Waals surface area contributed by atoms with E-state index in [4.69, 9.17) is 9.73 Å². The van der Waals surface area contributed by atoms with Gasteiger partial charge in [-0.15, -0.1) is 0 Å². The summed E-state index contributed by atoms with van der Waals surface area (Å²) in [5.41, 5.74) is 1.47. The van der Waals surface area contributed by atoms with E-state index in [9.17, 15) is 22.8 Å². The average Bonchev–Trinajstić information content (AvgIpc) is 3.00. The second-order valence-electron chi connectivity index (χ2n) is 10.5. The number of halogens is 3.